The molecule has 3 N–H and O–H groups in total. The van der Waals surface area contributed by atoms with Crippen LogP contribution >= 0.6 is 0 Å². The normalized spacial score (nSPS) is 23.9. The fourth-order valence-corrected chi connectivity index (χ4v) is 6.07. The third kappa shape index (κ3) is 5.11. The van der Waals surface area contributed by atoms with Crippen molar-refractivity contribution in [2.45, 2.75) is 55.2 Å². The highest BCUT2D eigenvalue weighted by molar-refractivity contribution is 7.89. The molecule has 11 heteroatoms. The number of hydrogen-bond donors (Lipinski definition) is 2. The molecule has 1 atom stereocenters. The first-order valence-electron chi connectivity index (χ1n) is 11.3. The van der Waals surface area contributed by atoms with E-state index in [1.165, 1.54) is 29.4 Å². The van der Waals surface area contributed by atoms with E-state index in [0.29, 0.717) is 24.8 Å². The number of rotatable bonds is 5. The molecule has 1 aliphatic heterocycles. The van der Waals surface area contributed by atoms with Gasteiger partial charge in [-0.1, -0.05) is 0 Å². The molecule has 0 radical (unpaired) electrons. The third-order valence-electron chi connectivity index (χ3n) is 6.31. The van der Waals surface area contributed by atoms with Crippen LogP contribution in [0.1, 0.15) is 42.5 Å². The largest absolute Gasteiger partial charge is 0.350 e. The lowest BCUT2D eigenvalue weighted by Gasteiger charge is -2.42. The molecule has 1 aromatic carbocycles. The van der Waals surface area contributed by atoms with Crippen molar-refractivity contribution in [2.75, 3.05) is 13.1 Å². The summed E-state index contributed by atoms with van der Waals surface area (Å²) in [5.74, 6) is -1.60. The molecule has 2 heterocycles. The predicted molar refractivity (Wildman–Crippen MR) is 122 cm³/mol. The first kappa shape index (κ1) is 24.2. The van der Waals surface area contributed by atoms with Crippen molar-refractivity contribution in [1.82, 2.24) is 19.5 Å². The fraction of sp³-hybridized carbons (Fsp3) is 0.435. The summed E-state index contributed by atoms with van der Waals surface area (Å²) in [6.07, 6.45) is 4.78. The average molecular weight is 490 g/mol. The van der Waals surface area contributed by atoms with E-state index in [1.807, 2.05) is 0 Å². The van der Waals surface area contributed by atoms with E-state index in [4.69, 9.17) is 5.73 Å². The quantitative estimate of drug-likeness (QED) is 0.655. The molecule has 0 spiro atoms. The Balaban J connectivity index is 1.67. The minimum absolute atomic E-state index is 0.0491. The van der Waals surface area contributed by atoms with Gasteiger partial charge in [0.1, 0.15) is 5.82 Å². The Bertz CT molecular complexity index is 1120. The van der Waals surface area contributed by atoms with Gasteiger partial charge in [0.15, 0.2) is 6.17 Å². The van der Waals surface area contributed by atoms with Crippen LogP contribution in [0.15, 0.2) is 53.7 Å². The lowest BCUT2D eigenvalue weighted by atomic mass is 9.92. The Morgan fingerprint density at radius 1 is 1.00 bits per heavy atom. The van der Waals surface area contributed by atoms with Gasteiger partial charge in [0, 0.05) is 43.1 Å². The molecule has 2 amide bonds. The molecular formula is C23H28FN5O4S. The maximum Gasteiger partial charge on any atom is 0.259 e. The smallest absolute Gasteiger partial charge is 0.259 e. The van der Waals surface area contributed by atoms with Crippen LogP contribution in [-0.4, -0.2) is 65.8 Å². The number of nitrogens with two attached hydrogens (primary N) is 1. The van der Waals surface area contributed by atoms with Crippen molar-refractivity contribution in [3.8, 4) is 0 Å². The summed E-state index contributed by atoms with van der Waals surface area (Å²) in [5, 5.41) is 2.94. The monoisotopic (exact) mass is 489 g/mol. The number of benzene rings is 1. The lowest BCUT2D eigenvalue weighted by Crippen LogP contribution is -2.64. The summed E-state index contributed by atoms with van der Waals surface area (Å²) in [6.45, 7) is 0.262. The van der Waals surface area contributed by atoms with Gasteiger partial charge in [-0.15, -0.1) is 0 Å². The molecule has 2 fully saturated rings. The molecule has 1 unspecified atom stereocenters. The number of amides is 2. The predicted octanol–water partition coefficient (Wildman–Crippen LogP) is 1.47. The minimum Gasteiger partial charge on any atom is -0.350 e. The summed E-state index contributed by atoms with van der Waals surface area (Å²) >= 11 is 0. The number of hydrogen-bond acceptors (Lipinski definition) is 6. The number of sulfonamides is 1. The lowest BCUT2D eigenvalue weighted by molar-refractivity contribution is -0.132. The Kier molecular flexibility index (Phi) is 7.24. The summed E-state index contributed by atoms with van der Waals surface area (Å²) in [5.41, 5.74) is 6.27. The second-order valence-corrected chi connectivity index (χ2v) is 10.5. The first-order chi connectivity index (χ1) is 16.3. The molecule has 1 saturated carbocycles. The molecule has 0 bridgehead atoms. The molecule has 1 saturated heterocycles. The second kappa shape index (κ2) is 10.2. The third-order valence-corrected chi connectivity index (χ3v) is 8.17. The number of carbonyl (C=O) groups excluding carboxylic acids is 2. The van der Waals surface area contributed by atoms with Crippen LogP contribution in [0.3, 0.4) is 0 Å². The van der Waals surface area contributed by atoms with Gasteiger partial charge in [-0.05, 0) is 68.5 Å². The zero-order valence-corrected chi connectivity index (χ0v) is 19.5. The van der Waals surface area contributed by atoms with Crippen LogP contribution in [0, 0.1) is 5.82 Å². The van der Waals surface area contributed by atoms with Crippen LogP contribution < -0.4 is 11.1 Å². The van der Waals surface area contributed by atoms with Crippen LogP contribution in [0.25, 0.3) is 0 Å². The number of nitrogens with zero attached hydrogens (tertiary/aromatic N) is 3. The van der Waals surface area contributed by atoms with Gasteiger partial charge in [-0.2, -0.15) is 4.31 Å². The Hall–Kier alpha value is -2.89. The van der Waals surface area contributed by atoms with Crippen molar-refractivity contribution in [3.05, 3.63) is 60.2 Å². The van der Waals surface area contributed by atoms with Crippen LogP contribution in [-0.2, 0) is 14.8 Å². The van der Waals surface area contributed by atoms with Gasteiger partial charge in [-0.3, -0.25) is 14.6 Å². The van der Waals surface area contributed by atoms with Gasteiger partial charge in [-0.25, -0.2) is 12.8 Å². The van der Waals surface area contributed by atoms with Crippen molar-refractivity contribution in [1.29, 1.82) is 0 Å². The van der Waals surface area contributed by atoms with Crippen LogP contribution in [0.5, 0.6) is 0 Å². The molecular weight excluding hydrogens is 461 g/mol. The fourth-order valence-electron chi connectivity index (χ4n) is 4.48. The first-order valence-corrected chi connectivity index (χ1v) is 12.8. The molecule has 9 nitrogen and oxygen atoms in total. The standard InChI is InChI=1S/C23H28FN5O4S/c24-17-2-8-20(9-3-17)34(32,33)29-15-1-14-28(23(31)16-10-12-26-13-11-16)22(29)21(30)27-19-6-4-18(25)5-7-19/h2-3,8-13,18-19,22H,1,4-7,14-15,25H2,(H,27,30). The molecule has 182 valence electrons. The summed E-state index contributed by atoms with van der Waals surface area (Å²) in [7, 11) is -4.19. The molecule has 2 aromatic rings. The van der Waals surface area contributed by atoms with E-state index in [9.17, 15) is 22.4 Å². The van der Waals surface area contributed by atoms with E-state index in [0.717, 1.165) is 41.4 Å². The van der Waals surface area contributed by atoms with Crippen molar-refractivity contribution >= 4 is 21.8 Å². The zero-order chi connectivity index (χ0) is 24.3. The number of nitrogens with one attached hydrogen (secondary N) is 1. The molecule has 1 aliphatic carbocycles. The number of carbonyl (C=O) groups is 2. The maximum absolute atomic E-state index is 13.5. The molecule has 1 aromatic heterocycles. The SMILES string of the molecule is NC1CCC(NC(=O)C2N(C(=O)c3ccncc3)CCCN2S(=O)(=O)c2ccc(F)cc2)CC1. The average Bonchev–Trinajstić information content (AvgIpc) is 2.85. The summed E-state index contributed by atoms with van der Waals surface area (Å²) < 4.78 is 41.5. The molecule has 34 heavy (non-hydrogen) atoms. The highest BCUT2D eigenvalue weighted by atomic mass is 32.2. The van der Waals surface area contributed by atoms with Crippen molar-refractivity contribution in [2.24, 2.45) is 5.73 Å². The van der Waals surface area contributed by atoms with Crippen LogP contribution in [0.2, 0.25) is 0 Å². The van der Waals surface area contributed by atoms with E-state index >= 15 is 0 Å². The zero-order valence-electron chi connectivity index (χ0n) is 18.6. The number of halogens is 1. The highest BCUT2D eigenvalue weighted by Gasteiger charge is 2.44. The van der Waals surface area contributed by atoms with Gasteiger partial charge in [0.25, 0.3) is 11.8 Å². The maximum atomic E-state index is 13.5. The minimum atomic E-state index is -4.19. The van der Waals surface area contributed by atoms with Gasteiger partial charge in [0.05, 0.1) is 4.90 Å². The Morgan fingerprint density at radius 2 is 1.65 bits per heavy atom. The van der Waals surface area contributed by atoms with E-state index in [2.05, 4.69) is 10.3 Å². The Morgan fingerprint density at radius 3 is 2.29 bits per heavy atom. The van der Waals surface area contributed by atoms with Crippen molar-refractivity contribution < 1.29 is 22.4 Å². The van der Waals surface area contributed by atoms with Crippen LogP contribution in [0.4, 0.5) is 4.39 Å². The van der Waals surface area contributed by atoms with Gasteiger partial charge in [0.2, 0.25) is 10.0 Å². The van der Waals surface area contributed by atoms with E-state index < -0.39 is 33.8 Å². The summed E-state index contributed by atoms with van der Waals surface area (Å²) in [4.78, 5) is 31.9. The van der Waals surface area contributed by atoms with E-state index in [-0.39, 0.29) is 30.1 Å². The van der Waals surface area contributed by atoms with Gasteiger partial charge >= 0.3 is 0 Å². The van der Waals surface area contributed by atoms with E-state index in [1.54, 1.807) is 0 Å². The number of aromatic nitrogens is 1. The Labute approximate surface area is 198 Å². The molecule has 4 rings (SSSR count). The summed E-state index contributed by atoms with van der Waals surface area (Å²) in [6, 6.07) is 7.40. The van der Waals surface area contributed by atoms with Crippen molar-refractivity contribution in [3.63, 3.8) is 0 Å². The number of pyridine rings is 1. The highest BCUT2D eigenvalue weighted by Crippen LogP contribution is 2.27. The van der Waals surface area contributed by atoms with Gasteiger partial charge < -0.3 is 16.0 Å². The molecule has 2 aliphatic rings. The second-order valence-electron chi connectivity index (χ2n) is 8.65. The topological polar surface area (TPSA) is 126 Å².